The maximum Gasteiger partial charge on any atom is 0.0641 e. The average Bonchev–Trinajstić information content (AvgIpc) is 2.34. The van der Waals surface area contributed by atoms with Gasteiger partial charge < -0.3 is 0 Å². The molecular weight excluding hydrogens is 220 g/mol. The van der Waals surface area contributed by atoms with Crippen LogP contribution in [-0.2, 0) is 0 Å². The summed E-state index contributed by atoms with van der Waals surface area (Å²) in [5.41, 5.74) is 1.24. The van der Waals surface area contributed by atoms with Crippen LogP contribution in [0.1, 0.15) is 45.7 Å². The van der Waals surface area contributed by atoms with Crippen molar-refractivity contribution in [1.82, 2.24) is 4.90 Å². The zero-order valence-electron chi connectivity index (χ0n) is 11.9. The number of benzene rings is 1. The Bertz CT molecular complexity index is 376. The van der Waals surface area contributed by atoms with E-state index in [0.717, 1.165) is 6.54 Å². The van der Waals surface area contributed by atoms with Gasteiger partial charge in [0, 0.05) is 18.6 Å². The highest BCUT2D eigenvalue weighted by Crippen LogP contribution is 2.26. The van der Waals surface area contributed by atoms with E-state index in [0.29, 0.717) is 18.4 Å². The molecule has 2 nitrogen and oxygen atoms in total. The van der Waals surface area contributed by atoms with Gasteiger partial charge in [-0.1, -0.05) is 44.2 Å². The van der Waals surface area contributed by atoms with Crippen LogP contribution in [0.3, 0.4) is 0 Å². The zero-order valence-corrected chi connectivity index (χ0v) is 11.9. The molecule has 0 heterocycles. The number of rotatable bonds is 6. The maximum atomic E-state index is 9.09. The van der Waals surface area contributed by atoms with Crippen LogP contribution in [0.15, 0.2) is 30.3 Å². The molecule has 0 spiro atoms. The summed E-state index contributed by atoms with van der Waals surface area (Å²) in [5, 5.41) is 9.09. The first-order chi connectivity index (χ1) is 8.56. The summed E-state index contributed by atoms with van der Waals surface area (Å²) in [5.74, 6) is 0.609. The second-order valence-corrected chi connectivity index (χ2v) is 5.47. The lowest BCUT2D eigenvalue weighted by atomic mass is 9.99. The third-order valence-electron chi connectivity index (χ3n) is 3.11. The predicted molar refractivity (Wildman–Crippen MR) is 76.1 cm³/mol. The van der Waals surface area contributed by atoms with Crippen molar-refractivity contribution in [3.63, 3.8) is 0 Å². The highest BCUT2D eigenvalue weighted by molar-refractivity contribution is 5.20. The van der Waals surface area contributed by atoms with Crippen molar-refractivity contribution < 1.29 is 0 Å². The second-order valence-electron chi connectivity index (χ2n) is 5.47. The molecule has 0 aliphatic carbocycles. The fourth-order valence-electron chi connectivity index (χ4n) is 2.31. The molecule has 0 amide bonds. The van der Waals surface area contributed by atoms with E-state index < -0.39 is 0 Å². The summed E-state index contributed by atoms with van der Waals surface area (Å²) in [7, 11) is 0. The first kappa shape index (κ1) is 14.7. The van der Waals surface area contributed by atoms with Crippen LogP contribution in [0, 0.1) is 17.2 Å². The predicted octanol–water partition coefficient (Wildman–Crippen LogP) is 4.01. The van der Waals surface area contributed by atoms with Crippen molar-refractivity contribution >= 4 is 0 Å². The molecule has 98 valence electrons. The van der Waals surface area contributed by atoms with E-state index >= 15 is 0 Å². The van der Waals surface area contributed by atoms with Crippen LogP contribution in [0.2, 0.25) is 0 Å². The van der Waals surface area contributed by atoms with E-state index in [2.05, 4.69) is 50.8 Å². The van der Waals surface area contributed by atoms with Gasteiger partial charge in [0.15, 0.2) is 0 Å². The quantitative estimate of drug-likeness (QED) is 0.756. The molecule has 0 saturated carbocycles. The Kier molecular flexibility index (Phi) is 5.88. The van der Waals surface area contributed by atoms with Gasteiger partial charge in [-0.15, -0.1) is 0 Å². The fraction of sp³-hybridized carbons (Fsp3) is 0.562. The summed E-state index contributed by atoms with van der Waals surface area (Å²) in [4.78, 5) is 2.43. The molecule has 18 heavy (non-hydrogen) atoms. The molecule has 0 saturated heterocycles. The molecule has 1 unspecified atom stereocenters. The van der Waals surface area contributed by atoms with Gasteiger partial charge >= 0.3 is 0 Å². The van der Waals surface area contributed by atoms with Crippen molar-refractivity contribution in [2.75, 3.05) is 6.54 Å². The van der Waals surface area contributed by atoms with E-state index in [1.54, 1.807) is 0 Å². The second kappa shape index (κ2) is 7.18. The highest BCUT2D eigenvalue weighted by Gasteiger charge is 2.23. The number of nitrogens with zero attached hydrogens (tertiary/aromatic N) is 2. The van der Waals surface area contributed by atoms with Gasteiger partial charge in [0.1, 0.15) is 0 Å². The van der Waals surface area contributed by atoms with Gasteiger partial charge in [-0.2, -0.15) is 5.26 Å². The number of hydrogen-bond acceptors (Lipinski definition) is 2. The van der Waals surface area contributed by atoms with Gasteiger partial charge in [0.2, 0.25) is 0 Å². The number of nitriles is 1. The Hall–Kier alpha value is -1.33. The lowest BCUT2D eigenvalue weighted by Crippen LogP contribution is -2.37. The number of hydrogen-bond donors (Lipinski definition) is 0. The Morgan fingerprint density at radius 2 is 1.72 bits per heavy atom. The molecule has 0 N–H and O–H groups in total. The van der Waals surface area contributed by atoms with Crippen molar-refractivity contribution in [2.45, 2.75) is 46.2 Å². The minimum Gasteiger partial charge on any atom is -0.293 e. The molecule has 0 aromatic heterocycles. The van der Waals surface area contributed by atoms with Crippen molar-refractivity contribution in [1.29, 1.82) is 5.26 Å². The van der Waals surface area contributed by atoms with Crippen LogP contribution in [0.25, 0.3) is 0 Å². The highest BCUT2D eigenvalue weighted by atomic mass is 15.2. The summed E-state index contributed by atoms with van der Waals surface area (Å²) < 4.78 is 0. The topological polar surface area (TPSA) is 27.0 Å². The molecule has 0 fully saturated rings. The monoisotopic (exact) mass is 244 g/mol. The molecule has 1 atom stereocenters. The molecule has 0 bridgehead atoms. The van der Waals surface area contributed by atoms with E-state index in [4.69, 9.17) is 5.26 Å². The van der Waals surface area contributed by atoms with E-state index in [9.17, 15) is 0 Å². The molecule has 0 aliphatic heterocycles. The Morgan fingerprint density at radius 3 is 2.17 bits per heavy atom. The summed E-state index contributed by atoms with van der Waals surface area (Å²) >= 11 is 0. The summed E-state index contributed by atoms with van der Waals surface area (Å²) in [6.07, 6.45) is 0.551. The average molecular weight is 244 g/mol. The Labute approximate surface area is 111 Å². The fourth-order valence-corrected chi connectivity index (χ4v) is 2.31. The standard InChI is InChI=1S/C16H24N2/c1-13(2)12-18(14(3)4)16(10-11-17)15-8-6-5-7-9-15/h5-9,13-14,16H,10,12H2,1-4H3. The van der Waals surface area contributed by atoms with Crippen LogP contribution in [-0.4, -0.2) is 17.5 Å². The van der Waals surface area contributed by atoms with Gasteiger partial charge in [-0.25, -0.2) is 0 Å². The maximum absolute atomic E-state index is 9.09. The van der Waals surface area contributed by atoms with E-state index in [-0.39, 0.29) is 6.04 Å². The van der Waals surface area contributed by atoms with Gasteiger partial charge in [-0.05, 0) is 25.3 Å². The summed E-state index contributed by atoms with van der Waals surface area (Å²) in [6.45, 7) is 9.89. The SMILES string of the molecule is CC(C)CN(C(C)C)C(CC#N)c1ccccc1. The first-order valence-electron chi connectivity index (χ1n) is 6.74. The zero-order chi connectivity index (χ0) is 13.5. The first-order valence-corrected chi connectivity index (χ1v) is 6.74. The third-order valence-corrected chi connectivity index (χ3v) is 3.11. The smallest absolute Gasteiger partial charge is 0.0641 e. The molecule has 1 rings (SSSR count). The molecule has 1 aromatic rings. The van der Waals surface area contributed by atoms with Gasteiger partial charge in [0.25, 0.3) is 0 Å². The molecular formula is C16H24N2. The molecule has 0 aliphatic rings. The minimum atomic E-state index is 0.207. The van der Waals surface area contributed by atoms with E-state index in [1.807, 2.05) is 18.2 Å². The summed E-state index contributed by atoms with van der Waals surface area (Å²) in [6, 6.07) is 13.4. The van der Waals surface area contributed by atoms with Crippen molar-refractivity contribution in [3.8, 4) is 6.07 Å². The normalized spacial score (nSPS) is 13.0. The third kappa shape index (κ3) is 4.16. The molecule has 1 aromatic carbocycles. The molecule has 2 heteroatoms. The lowest BCUT2D eigenvalue weighted by Gasteiger charge is -2.35. The van der Waals surface area contributed by atoms with Crippen LogP contribution >= 0.6 is 0 Å². The van der Waals surface area contributed by atoms with Gasteiger partial charge in [-0.3, -0.25) is 4.90 Å². The Morgan fingerprint density at radius 1 is 1.11 bits per heavy atom. The lowest BCUT2D eigenvalue weighted by molar-refractivity contribution is 0.136. The van der Waals surface area contributed by atoms with Crippen LogP contribution < -0.4 is 0 Å². The molecule has 0 radical (unpaired) electrons. The minimum absolute atomic E-state index is 0.207. The van der Waals surface area contributed by atoms with Crippen molar-refractivity contribution in [2.24, 2.45) is 5.92 Å². The van der Waals surface area contributed by atoms with Crippen LogP contribution in [0.4, 0.5) is 0 Å². The van der Waals surface area contributed by atoms with Crippen LogP contribution in [0.5, 0.6) is 0 Å². The Balaban J connectivity index is 2.98. The van der Waals surface area contributed by atoms with Gasteiger partial charge in [0.05, 0.1) is 12.5 Å². The van der Waals surface area contributed by atoms with Crippen molar-refractivity contribution in [3.05, 3.63) is 35.9 Å². The largest absolute Gasteiger partial charge is 0.293 e. The van der Waals surface area contributed by atoms with E-state index in [1.165, 1.54) is 5.56 Å².